The molecule has 0 bridgehead atoms. The molecule has 0 radical (unpaired) electrons. The molecule has 2 aromatic heterocycles. The minimum Gasteiger partial charge on any atom is -0.457 e. The third kappa shape index (κ3) is 5.53. The number of amides is 1. The number of para-hydroxylation sites is 1. The lowest BCUT2D eigenvalue weighted by atomic mass is 9.93. The van der Waals surface area contributed by atoms with Crippen molar-refractivity contribution in [1.82, 2.24) is 24.2 Å². The molecule has 1 fully saturated rings. The van der Waals surface area contributed by atoms with Crippen LogP contribution < -0.4 is 10.5 Å². The predicted molar refractivity (Wildman–Crippen MR) is 154 cm³/mol. The number of nitrogens with two attached hydrogens (primary N) is 1. The highest BCUT2D eigenvalue weighted by atomic mass is 16.5. The Balaban J connectivity index is 1.49. The van der Waals surface area contributed by atoms with Gasteiger partial charge in [0.2, 0.25) is 0 Å². The number of hydrogen-bond acceptors (Lipinski definition) is 7. The number of carbonyl (C=O) groups excluding carboxylic acids is 1. The van der Waals surface area contributed by atoms with Gasteiger partial charge in [0.15, 0.2) is 0 Å². The van der Waals surface area contributed by atoms with Crippen LogP contribution in [0.1, 0.15) is 32.6 Å². The zero-order chi connectivity index (χ0) is 28.4. The third-order valence-electron chi connectivity index (χ3n) is 6.88. The lowest BCUT2D eigenvalue weighted by Gasteiger charge is -2.38. The first-order valence-electron chi connectivity index (χ1n) is 13.2. The van der Waals surface area contributed by atoms with Gasteiger partial charge in [-0.2, -0.15) is 5.26 Å². The molecule has 1 saturated heterocycles. The molecule has 1 aliphatic rings. The van der Waals surface area contributed by atoms with Crippen LogP contribution >= 0.6 is 0 Å². The molecule has 4 aromatic rings. The average molecular weight is 536 g/mol. The molecule has 1 unspecified atom stereocenters. The van der Waals surface area contributed by atoms with Crippen LogP contribution in [0.15, 0.2) is 78.6 Å². The van der Waals surface area contributed by atoms with Gasteiger partial charge < -0.3 is 15.4 Å². The largest absolute Gasteiger partial charge is 0.457 e. The van der Waals surface area contributed by atoms with Gasteiger partial charge in [-0.15, -0.1) is 0 Å². The Hall–Kier alpha value is -4.68. The van der Waals surface area contributed by atoms with E-state index in [9.17, 15) is 10.1 Å². The van der Waals surface area contributed by atoms with Crippen LogP contribution in [0.25, 0.3) is 16.8 Å². The van der Waals surface area contributed by atoms with Crippen molar-refractivity contribution in [1.29, 1.82) is 5.26 Å². The lowest BCUT2D eigenvalue weighted by Crippen LogP contribution is -2.49. The number of benzene rings is 2. The number of aromatic nitrogens is 3. The van der Waals surface area contributed by atoms with E-state index in [0.29, 0.717) is 42.4 Å². The van der Waals surface area contributed by atoms with Crippen LogP contribution in [0.4, 0.5) is 5.82 Å². The molecule has 1 aliphatic heterocycles. The number of allylic oxidation sites excluding steroid dienone is 1. The quantitative estimate of drug-likeness (QED) is 0.280. The smallest absolute Gasteiger partial charge is 0.264 e. The number of rotatable bonds is 5. The number of nitrogen functional groups attached to an aromatic ring is 1. The number of nitrogens with zero attached hydrogens (tertiary/aromatic N) is 6. The summed E-state index contributed by atoms with van der Waals surface area (Å²) in [5, 5.41) is 9.71. The molecule has 9 nitrogen and oxygen atoms in total. The van der Waals surface area contributed by atoms with Gasteiger partial charge in [-0.3, -0.25) is 14.1 Å². The van der Waals surface area contributed by atoms with Crippen molar-refractivity contribution < 1.29 is 9.53 Å². The van der Waals surface area contributed by atoms with Crippen molar-refractivity contribution >= 4 is 17.2 Å². The fourth-order valence-electron chi connectivity index (χ4n) is 4.91. The first-order valence-corrected chi connectivity index (χ1v) is 13.2. The second-order valence-corrected chi connectivity index (χ2v) is 11.1. The van der Waals surface area contributed by atoms with E-state index in [0.717, 1.165) is 17.1 Å². The van der Waals surface area contributed by atoms with Crippen molar-refractivity contribution in [3.8, 4) is 28.8 Å². The minimum absolute atomic E-state index is 0.163. The van der Waals surface area contributed by atoms with Crippen molar-refractivity contribution in [2.45, 2.75) is 26.8 Å². The predicted octanol–water partition coefficient (Wildman–Crippen LogP) is 5.08. The summed E-state index contributed by atoms with van der Waals surface area (Å²) in [7, 11) is 2.02. The number of anilines is 1. The van der Waals surface area contributed by atoms with Crippen molar-refractivity contribution in [3.63, 3.8) is 0 Å². The van der Waals surface area contributed by atoms with Crippen LogP contribution in [0, 0.1) is 16.7 Å². The van der Waals surface area contributed by atoms with Crippen molar-refractivity contribution in [2.75, 3.05) is 32.4 Å². The Morgan fingerprint density at radius 2 is 1.80 bits per heavy atom. The monoisotopic (exact) mass is 535 g/mol. The van der Waals surface area contributed by atoms with Crippen LogP contribution in [-0.4, -0.2) is 56.8 Å². The maximum absolute atomic E-state index is 13.3. The Morgan fingerprint density at radius 1 is 1.10 bits per heavy atom. The zero-order valence-electron chi connectivity index (χ0n) is 23.2. The summed E-state index contributed by atoms with van der Waals surface area (Å²) in [6, 6.07) is 19.2. The average Bonchev–Trinajstić information content (AvgIpc) is 3.33. The first-order chi connectivity index (χ1) is 19.1. The topological polar surface area (TPSA) is 113 Å². The number of ether oxygens (including phenoxy) is 1. The second-order valence-electron chi connectivity index (χ2n) is 11.1. The SMILES string of the molecule is CN1CCN(C(=O)C(C#N)=CC(C)(C)C)CC1c1nc(-c2ccc(Oc3ccccc3)cc2)c2c(N)nccn12. The van der Waals surface area contributed by atoms with E-state index >= 15 is 0 Å². The molecule has 0 aliphatic carbocycles. The number of nitriles is 1. The van der Waals surface area contributed by atoms with E-state index in [1.54, 1.807) is 17.2 Å². The van der Waals surface area contributed by atoms with E-state index in [-0.39, 0.29) is 22.9 Å². The molecule has 204 valence electrons. The maximum Gasteiger partial charge on any atom is 0.264 e. The third-order valence-corrected chi connectivity index (χ3v) is 6.88. The molecule has 40 heavy (non-hydrogen) atoms. The Labute approximate surface area is 234 Å². The normalized spacial score (nSPS) is 16.6. The summed E-state index contributed by atoms with van der Waals surface area (Å²) >= 11 is 0. The van der Waals surface area contributed by atoms with Gasteiger partial charge in [0.05, 0.1) is 6.04 Å². The van der Waals surface area contributed by atoms with Gasteiger partial charge in [-0.05, 0) is 48.9 Å². The Kier molecular flexibility index (Phi) is 7.28. The van der Waals surface area contributed by atoms with Gasteiger partial charge in [0.1, 0.15) is 46.0 Å². The fourth-order valence-corrected chi connectivity index (χ4v) is 4.91. The van der Waals surface area contributed by atoms with E-state index in [1.165, 1.54) is 0 Å². The molecular weight excluding hydrogens is 502 g/mol. The standard InChI is InChI=1S/C31H33N7O2/c1-31(2,3)18-22(19-32)30(39)37-17-16-36(4)25(20-37)29-35-26(27-28(33)34-14-15-38(27)29)21-10-12-24(13-11-21)40-23-8-6-5-7-9-23/h5-15,18,25H,16-17,20H2,1-4H3,(H2,33,34). The van der Waals surface area contributed by atoms with Gasteiger partial charge in [0.25, 0.3) is 5.91 Å². The van der Waals surface area contributed by atoms with Crippen LogP contribution in [0.2, 0.25) is 0 Å². The molecule has 5 rings (SSSR count). The molecular formula is C31H33N7O2. The van der Waals surface area contributed by atoms with Gasteiger partial charge >= 0.3 is 0 Å². The Morgan fingerprint density at radius 3 is 2.48 bits per heavy atom. The number of piperazine rings is 1. The van der Waals surface area contributed by atoms with Crippen LogP contribution in [0.3, 0.4) is 0 Å². The molecule has 2 aromatic carbocycles. The van der Waals surface area contributed by atoms with E-state index < -0.39 is 0 Å². The highest BCUT2D eigenvalue weighted by Crippen LogP contribution is 2.34. The number of hydrogen-bond donors (Lipinski definition) is 1. The number of likely N-dealkylation sites (N-methyl/N-ethyl adjacent to an activating group) is 1. The number of carbonyl (C=O) groups is 1. The highest BCUT2D eigenvalue weighted by Gasteiger charge is 2.34. The van der Waals surface area contributed by atoms with Gasteiger partial charge in [-0.25, -0.2) is 9.97 Å². The minimum atomic E-state index is -0.285. The molecule has 2 N–H and O–H groups in total. The first kappa shape index (κ1) is 26.9. The maximum atomic E-state index is 13.3. The molecule has 0 spiro atoms. The molecule has 9 heteroatoms. The zero-order valence-corrected chi connectivity index (χ0v) is 23.2. The van der Waals surface area contributed by atoms with E-state index in [2.05, 4.69) is 16.0 Å². The summed E-state index contributed by atoms with van der Waals surface area (Å²) in [6.07, 6.45) is 5.24. The Bertz CT molecular complexity index is 1600. The summed E-state index contributed by atoms with van der Waals surface area (Å²) in [6.45, 7) is 7.48. The lowest BCUT2D eigenvalue weighted by molar-refractivity contribution is -0.129. The van der Waals surface area contributed by atoms with Gasteiger partial charge in [0, 0.05) is 37.6 Å². The van der Waals surface area contributed by atoms with Crippen molar-refractivity contribution in [3.05, 3.63) is 84.5 Å². The fraction of sp³-hybridized carbons (Fsp3) is 0.290. The van der Waals surface area contributed by atoms with Crippen LogP contribution in [-0.2, 0) is 4.79 Å². The number of imidazole rings is 1. The summed E-state index contributed by atoms with van der Waals surface area (Å²) < 4.78 is 7.91. The van der Waals surface area contributed by atoms with Crippen LogP contribution in [0.5, 0.6) is 11.5 Å². The van der Waals surface area contributed by atoms with Crippen molar-refractivity contribution in [2.24, 2.45) is 5.41 Å². The number of fused-ring (bicyclic) bond motifs is 1. The highest BCUT2D eigenvalue weighted by molar-refractivity contribution is 5.97. The molecule has 1 atom stereocenters. The second kappa shape index (κ2) is 10.8. The van der Waals surface area contributed by atoms with E-state index in [1.807, 2.05) is 93.0 Å². The van der Waals surface area contributed by atoms with E-state index in [4.69, 9.17) is 15.5 Å². The molecule has 3 heterocycles. The molecule has 0 saturated carbocycles. The molecule has 1 amide bonds. The van der Waals surface area contributed by atoms with Gasteiger partial charge in [-0.1, -0.05) is 45.0 Å². The summed E-state index contributed by atoms with van der Waals surface area (Å²) in [5.74, 6) is 2.33. The summed E-state index contributed by atoms with van der Waals surface area (Å²) in [5.41, 5.74) is 8.53. The summed E-state index contributed by atoms with van der Waals surface area (Å²) in [4.78, 5) is 26.7.